The maximum absolute atomic E-state index is 11.2. The minimum absolute atomic E-state index is 0.190. The van der Waals surface area contributed by atoms with Crippen LogP contribution in [0.5, 0.6) is 0 Å². The van der Waals surface area contributed by atoms with Gasteiger partial charge in [-0.25, -0.2) is 0 Å². The third-order valence-electron chi connectivity index (χ3n) is 2.49. The van der Waals surface area contributed by atoms with Crippen molar-refractivity contribution >= 4 is 44.6 Å². The first-order chi connectivity index (χ1) is 9.17. The molecule has 0 bridgehead atoms. The minimum Gasteiger partial charge on any atom is -0.469 e. The number of esters is 1. The van der Waals surface area contributed by atoms with Gasteiger partial charge in [0.1, 0.15) is 0 Å². The molecule has 0 spiro atoms. The molecule has 3 nitrogen and oxygen atoms in total. The summed E-state index contributed by atoms with van der Waals surface area (Å²) >= 11 is 6.83. The molecule has 0 saturated carbocycles. The van der Waals surface area contributed by atoms with E-state index in [4.69, 9.17) is 0 Å². The predicted octanol–water partition coefficient (Wildman–Crippen LogP) is 3.58. The molecule has 0 atom stereocenters. The molecule has 0 aliphatic carbocycles. The van der Waals surface area contributed by atoms with Crippen molar-refractivity contribution in [2.24, 2.45) is 0 Å². The number of halogens is 1. The van der Waals surface area contributed by atoms with E-state index in [1.165, 1.54) is 16.9 Å². The molecule has 1 N–H and O–H groups in total. The van der Waals surface area contributed by atoms with E-state index in [2.05, 4.69) is 44.2 Å². The molecule has 2 heterocycles. The highest BCUT2D eigenvalue weighted by molar-refractivity contribution is 9.11. The molecular weight excluding hydrogens is 346 g/mol. The molecule has 6 heteroatoms. The number of ether oxygens (including phenoxy) is 1. The van der Waals surface area contributed by atoms with E-state index in [-0.39, 0.29) is 5.97 Å². The molecule has 0 saturated heterocycles. The van der Waals surface area contributed by atoms with E-state index in [1.54, 1.807) is 22.7 Å². The molecule has 0 radical (unpaired) electrons. The Bertz CT molecular complexity index is 550. The van der Waals surface area contributed by atoms with Crippen molar-refractivity contribution in [3.05, 3.63) is 42.7 Å². The van der Waals surface area contributed by atoms with Crippen molar-refractivity contribution in [3.63, 3.8) is 0 Å². The number of carbonyl (C=O) groups is 1. The number of rotatable bonds is 6. The van der Waals surface area contributed by atoms with Crippen LogP contribution < -0.4 is 5.32 Å². The van der Waals surface area contributed by atoms with Crippen LogP contribution in [0.4, 0.5) is 0 Å². The van der Waals surface area contributed by atoms with E-state index in [1.807, 2.05) is 6.07 Å². The Morgan fingerprint density at radius 1 is 1.16 bits per heavy atom. The molecule has 0 aromatic carbocycles. The summed E-state index contributed by atoms with van der Waals surface area (Å²) in [6.07, 6.45) is 0.360. The standard InChI is InChI=1S/C13H14BrNO2S2/c1-17-13(16)6-9-2-3-10(18-9)7-15-8-11-4-5-12(14)19-11/h2-5,15H,6-8H2,1H3. The zero-order valence-electron chi connectivity index (χ0n) is 10.4. The lowest BCUT2D eigenvalue weighted by Gasteiger charge is -2.00. The summed E-state index contributed by atoms with van der Waals surface area (Å²) < 4.78 is 5.81. The van der Waals surface area contributed by atoms with Crippen LogP contribution in [0.3, 0.4) is 0 Å². The van der Waals surface area contributed by atoms with Crippen molar-refractivity contribution in [2.45, 2.75) is 19.5 Å². The summed E-state index contributed by atoms with van der Waals surface area (Å²) in [7, 11) is 1.41. The van der Waals surface area contributed by atoms with Crippen LogP contribution >= 0.6 is 38.6 Å². The summed E-state index contributed by atoms with van der Waals surface area (Å²) in [6.45, 7) is 1.68. The Hall–Kier alpha value is -0.690. The van der Waals surface area contributed by atoms with Gasteiger partial charge in [0, 0.05) is 27.7 Å². The van der Waals surface area contributed by atoms with Gasteiger partial charge < -0.3 is 10.1 Å². The fourth-order valence-corrected chi connectivity index (χ4v) is 4.01. The summed E-state index contributed by atoms with van der Waals surface area (Å²) in [4.78, 5) is 14.7. The monoisotopic (exact) mass is 359 g/mol. The molecule has 2 rings (SSSR count). The van der Waals surface area contributed by atoms with Crippen LogP contribution in [-0.4, -0.2) is 13.1 Å². The third kappa shape index (κ3) is 4.72. The van der Waals surface area contributed by atoms with Crippen LogP contribution in [0.1, 0.15) is 14.6 Å². The maximum atomic E-state index is 11.2. The lowest BCUT2D eigenvalue weighted by molar-refractivity contribution is -0.139. The van der Waals surface area contributed by atoms with Crippen LogP contribution in [0.25, 0.3) is 0 Å². The van der Waals surface area contributed by atoms with Gasteiger partial charge in [-0.15, -0.1) is 22.7 Å². The van der Waals surface area contributed by atoms with Gasteiger partial charge in [0.05, 0.1) is 17.3 Å². The Morgan fingerprint density at radius 3 is 2.42 bits per heavy atom. The Kier molecular flexibility index (Phi) is 5.57. The molecule has 0 unspecified atom stereocenters. The smallest absolute Gasteiger partial charge is 0.310 e. The number of thiophene rings is 2. The first-order valence-electron chi connectivity index (χ1n) is 5.76. The number of methoxy groups -OCH3 is 1. The van der Waals surface area contributed by atoms with Gasteiger partial charge in [-0.05, 0) is 40.2 Å². The number of nitrogens with one attached hydrogen (secondary N) is 1. The van der Waals surface area contributed by atoms with Crippen molar-refractivity contribution in [3.8, 4) is 0 Å². The summed E-state index contributed by atoms with van der Waals surface area (Å²) in [5.41, 5.74) is 0. The largest absolute Gasteiger partial charge is 0.469 e. The van der Waals surface area contributed by atoms with Gasteiger partial charge in [0.15, 0.2) is 0 Å². The zero-order valence-corrected chi connectivity index (χ0v) is 13.7. The van der Waals surface area contributed by atoms with E-state index in [0.717, 1.165) is 21.8 Å². The van der Waals surface area contributed by atoms with Crippen LogP contribution in [0.15, 0.2) is 28.1 Å². The average molecular weight is 360 g/mol. The molecule has 102 valence electrons. The van der Waals surface area contributed by atoms with Crippen molar-refractivity contribution in [1.29, 1.82) is 0 Å². The van der Waals surface area contributed by atoms with Gasteiger partial charge in [0.2, 0.25) is 0 Å². The maximum Gasteiger partial charge on any atom is 0.310 e. The van der Waals surface area contributed by atoms with Gasteiger partial charge in [0.25, 0.3) is 0 Å². The zero-order chi connectivity index (χ0) is 13.7. The molecule has 0 aliphatic rings. The lowest BCUT2D eigenvalue weighted by Crippen LogP contribution is -2.10. The topological polar surface area (TPSA) is 38.3 Å². The van der Waals surface area contributed by atoms with Crippen molar-refractivity contribution in [2.75, 3.05) is 7.11 Å². The van der Waals surface area contributed by atoms with Gasteiger partial charge in [-0.1, -0.05) is 0 Å². The second-order valence-electron chi connectivity index (χ2n) is 3.93. The van der Waals surface area contributed by atoms with Gasteiger partial charge in [-0.3, -0.25) is 4.79 Å². The first-order valence-corrected chi connectivity index (χ1v) is 8.19. The normalized spacial score (nSPS) is 10.6. The number of hydrogen-bond acceptors (Lipinski definition) is 5. The highest BCUT2D eigenvalue weighted by atomic mass is 79.9. The van der Waals surface area contributed by atoms with E-state index < -0.39 is 0 Å². The van der Waals surface area contributed by atoms with Crippen molar-refractivity contribution in [1.82, 2.24) is 5.32 Å². The van der Waals surface area contributed by atoms with Crippen LogP contribution in [0, 0.1) is 0 Å². The fraction of sp³-hybridized carbons (Fsp3) is 0.308. The highest BCUT2D eigenvalue weighted by Gasteiger charge is 2.06. The highest BCUT2D eigenvalue weighted by Crippen LogP contribution is 2.22. The van der Waals surface area contributed by atoms with Gasteiger partial charge in [-0.2, -0.15) is 0 Å². The molecule has 0 amide bonds. The molecule has 19 heavy (non-hydrogen) atoms. The molecule has 0 fully saturated rings. The van der Waals surface area contributed by atoms with Crippen LogP contribution in [0.2, 0.25) is 0 Å². The first kappa shape index (κ1) is 14.7. The Balaban J connectivity index is 1.78. The third-order valence-corrected chi connectivity index (χ3v) is 5.20. The second kappa shape index (κ2) is 7.19. The van der Waals surface area contributed by atoms with Gasteiger partial charge >= 0.3 is 5.97 Å². The Labute approximate surface area is 128 Å². The van der Waals surface area contributed by atoms with E-state index in [0.29, 0.717) is 6.42 Å². The molecule has 0 aliphatic heterocycles. The number of carbonyl (C=O) groups excluding carboxylic acids is 1. The SMILES string of the molecule is COC(=O)Cc1ccc(CNCc2ccc(Br)s2)s1. The number of hydrogen-bond donors (Lipinski definition) is 1. The molecule has 2 aromatic heterocycles. The predicted molar refractivity (Wildman–Crippen MR) is 82.6 cm³/mol. The summed E-state index contributed by atoms with van der Waals surface area (Å²) in [5, 5.41) is 3.40. The molecule has 2 aromatic rings. The van der Waals surface area contributed by atoms with E-state index >= 15 is 0 Å². The quantitative estimate of drug-likeness (QED) is 0.801. The summed E-state index contributed by atoms with van der Waals surface area (Å²) in [5.74, 6) is -0.190. The molecular formula is C13H14BrNO2S2. The second-order valence-corrected chi connectivity index (χ2v) is 7.73. The summed E-state index contributed by atoms with van der Waals surface area (Å²) in [6, 6.07) is 8.21. The fourth-order valence-electron chi connectivity index (χ4n) is 1.58. The Morgan fingerprint density at radius 2 is 1.79 bits per heavy atom. The van der Waals surface area contributed by atoms with E-state index in [9.17, 15) is 4.79 Å². The lowest BCUT2D eigenvalue weighted by atomic mass is 10.3. The van der Waals surface area contributed by atoms with Crippen molar-refractivity contribution < 1.29 is 9.53 Å². The van der Waals surface area contributed by atoms with Crippen LogP contribution in [-0.2, 0) is 29.0 Å². The average Bonchev–Trinajstić information content (AvgIpc) is 2.99. The minimum atomic E-state index is -0.190.